The van der Waals surface area contributed by atoms with E-state index in [1.165, 1.54) is 45.7 Å². The van der Waals surface area contributed by atoms with Gasteiger partial charge in [-0.2, -0.15) is 10.4 Å². The van der Waals surface area contributed by atoms with E-state index in [4.69, 9.17) is 10.00 Å². The molecule has 0 aliphatic rings. The zero-order chi connectivity index (χ0) is 25.9. The number of carbonyl (C=O) groups excluding carboxylic acids is 1. The van der Waals surface area contributed by atoms with Crippen LogP contribution in [0.25, 0.3) is 16.9 Å². The summed E-state index contributed by atoms with van der Waals surface area (Å²) in [6.07, 6.45) is 4.10. The summed E-state index contributed by atoms with van der Waals surface area (Å²) in [5.74, 6) is -0.588. The first kappa shape index (κ1) is 24.5. The number of nitrogens with one attached hydrogen (secondary N) is 2. The Balaban J connectivity index is 1.70. The van der Waals surface area contributed by atoms with Crippen molar-refractivity contribution < 1.29 is 19.0 Å². The molecule has 0 spiro atoms. The number of anilines is 2. The highest BCUT2D eigenvalue weighted by Crippen LogP contribution is 2.27. The zero-order valence-electron chi connectivity index (χ0n) is 19.7. The van der Waals surface area contributed by atoms with E-state index in [2.05, 4.69) is 36.8 Å². The molecule has 0 fully saturated rings. The van der Waals surface area contributed by atoms with Crippen LogP contribution < -0.4 is 15.4 Å². The van der Waals surface area contributed by atoms with Crippen molar-refractivity contribution in [2.75, 3.05) is 19.0 Å². The predicted octanol–water partition coefficient (Wildman–Crippen LogP) is 2.65. The van der Waals surface area contributed by atoms with Crippen molar-refractivity contribution in [1.82, 2.24) is 29.9 Å². The summed E-state index contributed by atoms with van der Waals surface area (Å²) in [5, 5.41) is 28.8. The summed E-state index contributed by atoms with van der Waals surface area (Å²) < 4.78 is 20.8. The van der Waals surface area contributed by atoms with Crippen LogP contribution in [0.1, 0.15) is 29.8 Å². The Morgan fingerprint density at radius 1 is 1.22 bits per heavy atom. The van der Waals surface area contributed by atoms with Crippen LogP contribution in [0.15, 0.2) is 49.1 Å². The number of hydrogen-bond acceptors (Lipinski definition) is 9. The maximum Gasteiger partial charge on any atom is 0.316 e. The second kappa shape index (κ2) is 9.93. The lowest BCUT2D eigenvalue weighted by atomic mass is 10.0. The van der Waals surface area contributed by atoms with E-state index in [0.29, 0.717) is 33.8 Å². The Bertz CT molecular complexity index is 1440. The van der Waals surface area contributed by atoms with E-state index in [1.807, 2.05) is 0 Å². The van der Waals surface area contributed by atoms with Crippen molar-refractivity contribution in [2.24, 2.45) is 0 Å². The summed E-state index contributed by atoms with van der Waals surface area (Å²) in [6.45, 7) is 2.27. The summed E-state index contributed by atoms with van der Waals surface area (Å²) in [7, 11) is 1.45. The van der Waals surface area contributed by atoms with Crippen LogP contribution in [-0.4, -0.2) is 61.0 Å². The van der Waals surface area contributed by atoms with Gasteiger partial charge in [-0.15, -0.1) is 0 Å². The molecule has 0 saturated carbocycles. The Morgan fingerprint density at radius 2 is 1.97 bits per heavy atom. The van der Waals surface area contributed by atoms with Crippen molar-refractivity contribution >= 4 is 22.8 Å². The number of ether oxygens (including phenoxy) is 1. The highest BCUT2D eigenvalue weighted by atomic mass is 19.1. The number of methoxy groups -OCH3 is 1. The quantitative estimate of drug-likeness (QED) is 0.339. The molecule has 0 aliphatic carbocycles. The van der Waals surface area contributed by atoms with Gasteiger partial charge in [-0.3, -0.25) is 9.78 Å². The summed E-state index contributed by atoms with van der Waals surface area (Å²) in [4.78, 5) is 25.5. The minimum Gasteiger partial charge on any atom is -0.467 e. The smallest absolute Gasteiger partial charge is 0.316 e. The van der Waals surface area contributed by atoms with Crippen LogP contribution in [0.4, 0.5) is 15.8 Å². The molecule has 0 aliphatic heterocycles. The largest absolute Gasteiger partial charge is 0.467 e. The van der Waals surface area contributed by atoms with Crippen molar-refractivity contribution in [3.05, 3.63) is 60.2 Å². The lowest BCUT2D eigenvalue weighted by molar-refractivity contribution is -0.00177. The number of aliphatic hydroxyl groups is 1. The van der Waals surface area contributed by atoms with E-state index in [1.54, 1.807) is 28.8 Å². The van der Waals surface area contributed by atoms with Crippen LogP contribution in [0, 0.1) is 11.3 Å². The number of aromatic nitrogens is 5. The fraction of sp³-hybridized carbons (Fsp3) is 0.250. The maximum atomic E-state index is 14.2. The van der Waals surface area contributed by atoms with E-state index in [-0.39, 0.29) is 18.1 Å². The molecule has 12 heteroatoms. The molecular formula is C24H23FN8O3. The van der Waals surface area contributed by atoms with Crippen LogP contribution in [0.2, 0.25) is 0 Å². The normalized spacial score (nSPS) is 12.1. The average Bonchev–Trinajstić information content (AvgIpc) is 3.30. The Labute approximate surface area is 205 Å². The molecule has 0 radical (unpaired) electrons. The minimum absolute atomic E-state index is 0.137. The van der Waals surface area contributed by atoms with Crippen LogP contribution in [-0.2, 0) is 0 Å². The molecule has 184 valence electrons. The standard InChI is InChI=1S/C24H23FN8O3/c1-24(2,35)21(25)13-28-22(34)17-12-27-19(7-18(17)32-15-10-29-23(36-3)30-11-15)20-5-4-16-6-14(8-26)9-31-33(16)20/h4-7,9-12,21,35H,13H2,1-3H3,(H,27,32)(H,28,34)/t21-/m1/s1. The highest BCUT2D eigenvalue weighted by Gasteiger charge is 2.27. The van der Waals surface area contributed by atoms with Gasteiger partial charge in [-0.05, 0) is 38.1 Å². The monoisotopic (exact) mass is 490 g/mol. The number of rotatable bonds is 8. The van der Waals surface area contributed by atoms with Crippen molar-refractivity contribution in [3.8, 4) is 23.5 Å². The molecule has 1 atom stereocenters. The topological polar surface area (TPSA) is 150 Å². The number of carbonyl (C=O) groups is 1. The molecule has 0 aromatic carbocycles. The first-order chi connectivity index (χ1) is 17.2. The van der Waals surface area contributed by atoms with Gasteiger partial charge in [0.05, 0.1) is 77.3 Å². The van der Waals surface area contributed by atoms with Gasteiger partial charge in [-0.1, -0.05) is 0 Å². The molecular weight excluding hydrogens is 467 g/mol. The molecule has 11 nitrogen and oxygen atoms in total. The number of pyridine rings is 1. The molecule has 3 N–H and O–H groups in total. The second-order valence-corrected chi connectivity index (χ2v) is 8.44. The van der Waals surface area contributed by atoms with Gasteiger partial charge >= 0.3 is 6.01 Å². The molecule has 0 saturated heterocycles. The Kier molecular flexibility index (Phi) is 6.75. The average molecular weight is 490 g/mol. The summed E-state index contributed by atoms with van der Waals surface area (Å²) in [5.41, 5.74) is 1.59. The SMILES string of the molecule is COc1ncc(Nc2cc(-c3ccc4cc(C#N)cnn34)ncc2C(=O)NC[C@@H](F)C(C)(C)O)cn1. The number of nitrogens with zero attached hydrogens (tertiary/aromatic N) is 6. The van der Waals surface area contributed by atoms with Gasteiger partial charge in [0, 0.05) is 6.20 Å². The number of amides is 1. The lowest BCUT2D eigenvalue weighted by Crippen LogP contribution is -2.42. The van der Waals surface area contributed by atoms with Gasteiger partial charge in [0.25, 0.3) is 5.91 Å². The van der Waals surface area contributed by atoms with Gasteiger partial charge in [-0.25, -0.2) is 18.9 Å². The number of hydrogen-bond donors (Lipinski definition) is 3. The van der Waals surface area contributed by atoms with Crippen molar-refractivity contribution in [1.29, 1.82) is 5.26 Å². The first-order valence-electron chi connectivity index (χ1n) is 10.9. The van der Waals surface area contributed by atoms with Gasteiger partial charge in [0.15, 0.2) is 0 Å². The number of halogens is 1. The van der Waals surface area contributed by atoms with E-state index >= 15 is 0 Å². The maximum absolute atomic E-state index is 14.2. The molecule has 36 heavy (non-hydrogen) atoms. The van der Waals surface area contributed by atoms with Gasteiger partial charge in [0.2, 0.25) is 0 Å². The molecule has 4 heterocycles. The zero-order valence-corrected chi connectivity index (χ0v) is 19.7. The Morgan fingerprint density at radius 3 is 2.64 bits per heavy atom. The third kappa shape index (κ3) is 5.21. The minimum atomic E-state index is -1.67. The first-order valence-corrected chi connectivity index (χ1v) is 10.9. The molecule has 1 amide bonds. The number of alkyl halides is 1. The van der Waals surface area contributed by atoms with E-state index < -0.39 is 17.7 Å². The third-order valence-electron chi connectivity index (χ3n) is 5.34. The van der Waals surface area contributed by atoms with Crippen LogP contribution >= 0.6 is 0 Å². The predicted molar refractivity (Wildman–Crippen MR) is 129 cm³/mol. The molecule has 4 aromatic rings. The van der Waals surface area contributed by atoms with Crippen molar-refractivity contribution in [2.45, 2.75) is 25.6 Å². The van der Waals surface area contributed by atoms with Crippen LogP contribution in [0.3, 0.4) is 0 Å². The number of nitriles is 1. The molecule has 0 unspecified atom stereocenters. The fourth-order valence-electron chi connectivity index (χ4n) is 3.30. The van der Waals surface area contributed by atoms with E-state index in [9.17, 15) is 14.3 Å². The van der Waals surface area contributed by atoms with Crippen molar-refractivity contribution in [3.63, 3.8) is 0 Å². The second-order valence-electron chi connectivity index (χ2n) is 8.44. The summed E-state index contributed by atoms with van der Waals surface area (Å²) >= 11 is 0. The third-order valence-corrected chi connectivity index (χ3v) is 5.34. The lowest BCUT2D eigenvalue weighted by Gasteiger charge is -2.22. The number of fused-ring (bicyclic) bond motifs is 1. The van der Waals surface area contributed by atoms with Gasteiger partial charge < -0.3 is 20.5 Å². The van der Waals surface area contributed by atoms with Crippen LogP contribution in [0.5, 0.6) is 6.01 Å². The fourth-order valence-corrected chi connectivity index (χ4v) is 3.30. The van der Waals surface area contributed by atoms with Gasteiger partial charge in [0.1, 0.15) is 12.2 Å². The summed E-state index contributed by atoms with van der Waals surface area (Å²) in [6, 6.07) is 9.16. The molecule has 4 aromatic heterocycles. The Hall–Kier alpha value is -4.63. The van der Waals surface area contributed by atoms with E-state index in [0.717, 1.165) is 0 Å². The molecule has 0 bridgehead atoms. The highest BCUT2D eigenvalue weighted by molar-refractivity contribution is 6.00. The molecule has 4 rings (SSSR count).